The minimum absolute atomic E-state index is 0.0782. The van der Waals surface area contributed by atoms with Crippen molar-refractivity contribution in [1.82, 2.24) is 0 Å². The Morgan fingerprint density at radius 3 is 1.87 bits per heavy atom. The normalized spacial score (nSPS) is 10.6. The van der Waals surface area contributed by atoms with Crippen molar-refractivity contribution in [3.05, 3.63) is 88.5 Å². The van der Waals surface area contributed by atoms with E-state index in [2.05, 4.69) is 36.1 Å². The molecule has 0 aromatic heterocycles. The van der Waals surface area contributed by atoms with Gasteiger partial charge < -0.3 is 9.64 Å². The van der Waals surface area contributed by atoms with Crippen LogP contribution < -0.4 is 9.64 Å². The average Bonchev–Trinajstić information content (AvgIpc) is 2.76. The number of nitro groups is 1. The van der Waals surface area contributed by atoms with Crippen LogP contribution in [-0.2, 0) is 0 Å². The van der Waals surface area contributed by atoms with Crippen LogP contribution in [0.5, 0.6) is 5.75 Å². The first kappa shape index (κ1) is 21.4. The molecule has 0 N–H and O–H groups in total. The van der Waals surface area contributed by atoms with Crippen molar-refractivity contribution in [1.29, 1.82) is 0 Å². The molecule has 0 unspecified atom stereocenters. The molecule has 0 aliphatic rings. The fraction of sp³-hybridized carbons (Fsp3) is 0.280. The Bertz CT molecular complexity index is 936. The first-order valence-electron chi connectivity index (χ1n) is 10.4. The highest BCUT2D eigenvalue weighted by atomic mass is 16.6. The van der Waals surface area contributed by atoms with Crippen LogP contribution in [0.3, 0.4) is 0 Å². The van der Waals surface area contributed by atoms with E-state index < -0.39 is 0 Å². The summed E-state index contributed by atoms with van der Waals surface area (Å²) in [7, 11) is 0. The maximum atomic E-state index is 11.0. The second kappa shape index (κ2) is 10.4. The molecule has 3 rings (SSSR count). The van der Waals surface area contributed by atoms with Gasteiger partial charge in [0.1, 0.15) is 5.75 Å². The van der Waals surface area contributed by atoms with E-state index in [1.807, 2.05) is 31.2 Å². The van der Waals surface area contributed by atoms with Gasteiger partial charge in [-0.05, 0) is 61.9 Å². The van der Waals surface area contributed by atoms with Gasteiger partial charge >= 0.3 is 0 Å². The molecule has 0 bridgehead atoms. The summed E-state index contributed by atoms with van der Waals surface area (Å²) in [5.74, 6) is 0.850. The minimum Gasteiger partial charge on any atom is -0.494 e. The summed E-state index contributed by atoms with van der Waals surface area (Å²) in [5, 5.41) is 11.0. The van der Waals surface area contributed by atoms with Crippen molar-refractivity contribution in [3.8, 4) is 5.75 Å². The molecule has 5 nitrogen and oxygen atoms in total. The van der Waals surface area contributed by atoms with E-state index in [0.29, 0.717) is 0 Å². The first-order chi connectivity index (χ1) is 14.6. The number of hydrogen-bond acceptors (Lipinski definition) is 4. The molecule has 0 aliphatic carbocycles. The van der Waals surface area contributed by atoms with Gasteiger partial charge in [-0.3, -0.25) is 10.1 Å². The highest BCUT2D eigenvalue weighted by Crippen LogP contribution is 2.36. The SMILES string of the molecule is CCCCCCOc1ccc(N(c2ccc(C)cc2)c2ccc([N+](=O)[O-])cc2)cc1. The number of unbranched alkanes of at least 4 members (excludes halogenated alkanes) is 3. The van der Waals surface area contributed by atoms with E-state index in [-0.39, 0.29) is 10.6 Å². The molecular weight excluding hydrogens is 376 g/mol. The average molecular weight is 405 g/mol. The number of ether oxygens (including phenoxy) is 1. The number of rotatable bonds is 10. The topological polar surface area (TPSA) is 55.6 Å². The fourth-order valence-electron chi connectivity index (χ4n) is 3.27. The maximum absolute atomic E-state index is 11.0. The Labute approximate surface area is 178 Å². The van der Waals surface area contributed by atoms with Crippen LogP contribution in [0.25, 0.3) is 0 Å². The molecule has 0 fully saturated rings. The van der Waals surface area contributed by atoms with Gasteiger partial charge in [0.05, 0.1) is 11.5 Å². The third-order valence-electron chi connectivity index (χ3n) is 4.97. The van der Waals surface area contributed by atoms with Gasteiger partial charge in [-0.25, -0.2) is 0 Å². The summed E-state index contributed by atoms with van der Waals surface area (Å²) in [6.07, 6.45) is 4.71. The van der Waals surface area contributed by atoms with Gasteiger partial charge in [0.2, 0.25) is 0 Å². The fourth-order valence-corrected chi connectivity index (χ4v) is 3.27. The predicted molar refractivity (Wildman–Crippen MR) is 122 cm³/mol. The largest absolute Gasteiger partial charge is 0.494 e. The molecule has 30 heavy (non-hydrogen) atoms. The molecule has 0 radical (unpaired) electrons. The second-order valence-corrected chi connectivity index (χ2v) is 7.35. The Morgan fingerprint density at radius 2 is 1.33 bits per heavy atom. The molecule has 3 aromatic carbocycles. The maximum Gasteiger partial charge on any atom is 0.269 e. The summed E-state index contributed by atoms with van der Waals surface area (Å²) in [4.78, 5) is 12.7. The number of aryl methyl sites for hydroxylation is 1. The van der Waals surface area contributed by atoms with Gasteiger partial charge in [-0.15, -0.1) is 0 Å². The van der Waals surface area contributed by atoms with E-state index in [9.17, 15) is 10.1 Å². The van der Waals surface area contributed by atoms with Crippen molar-refractivity contribution >= 4 is 22.7 Å². The van der Waals surface area contributed by atoms with Crippen LogP contribution in [0.15, 0.2) is 72.8 Å². The van der Waals surface area contributed by atoms with Gasteiger partial charge in [0, 0.05) is 29.2 Å². The van der Waals surface area contributed by atoms with E-state index in [4.69, 9.17) is 4.74 Å². The summed E-state index contributed by atoms with van der Waals surface area (Å²) in [5.41, 5.74) is 4.06. The van der Waals surface area contributed by atoms with E-state index in [0.717, 1.165) is 35.8 Å². The van der Waals surface area contributed by atoms with Gasteiger partial charge in [-0.1, -0.05) is 43.9 Å². The molecule has 0 amide bonds. The zero-order chi connectivity index (χ0) is 21.3. The van der Waals surface area contributed by atoms with E-state index in [1.165, 1.54) is 37.0 Å². The highest BCUT2D eigenvalue weighted by molar-refractivity contribution is 5.77. The van der Waals surface area contributed by atoms with Gasteiger partial charge in [0.25, 0.3) is 5.69 Å². The molecule has 0 heterocycles. The molecule has 0 saturated heterocycles. The van der Waals surface area contributed by atoms with Crippen molar-refractivity contribution in [2.24, 2.45) is 0 Å². The summed E-state index contributed by atoms with van der Waals surface area (Å²) >= 11 is 0. The van der Waals surface area contributed by atoms with Crippen molar-refractivity contribution in [2.75, 3.05) is 11.5 Å². The Balaban J connectivity index is 1.83. The molecule has 5 heteroatoms. The van der Waals surface area contributed by atoms with Crippen molar-refractivity contribution in [2.45, 2.75) is 39.5 Å². The number of nitro benzene ring substituents is 1. The van der Waals surface area contributed by atoms with E-state index in [1.54, 1.807) is 12.1 Å². The molecule has 0 aliphatic heterocycles. The summed E-state index contributed by atoms with van der Waals surface area (Å²) in [6.45, 7) is 4.97. The summed E-state index contributed by atoms with van der Waals surface area (Å²) in [6, 6.07) is 22.8. The van der Waals surface area contributed by atoms with Crippen LogP contribution in [0.2, 0.25) is 0 Å². The first-order valence-corrected chi connectivity index (χ1v) is 10.4. The predicted octanol–water partition coefficient (Wildman–Crippen LogP) is 7.33. The van der Waals surface area contributed by atoms with E-state index >= 15 is 0 Å². The smallest absolute Gasteiger partial charge is 0.269 e. The number of anilines is 3. The van der Waals surface area contributed by atoms with Crippen LogP contribution in [-0.4, -0.2) is 11.5 Å². The Morgan fingerprint density at radius 1 is 0.800 bits per heavy atom. The number of benzene rings is 3. The van der Waals surface area contributed by atoms with Crippen molar-refractivity contribution < 1.29 is 9.66 Å². The monoisotopic (exact) mass is 404 g/mol. The van der Waals surface area contributed by atoms with Crippen LogP contribution >= 0.6 is 0 Å². The molecule has 0 spiro atoms. The van der Waals surface area contributed by atoms with Crippen LogP contribution in [0, 0.1) is 17.0 Å². The van der Waals surface area contributed by atoms with Gasteiger partial charge in [-0.2, -0.15) is 0 Å². The Kier molecular flexibility index (Phi) is 7.44. The third kappa shape index (κ3) is 5.60. The quantitative estimate of drug-likeness (QED) is 0.202. The van der Waals surface area contributed by atoms with Crippen LogP contribution in [0.4, 0.5) is 22.7 Å². The second-order valence-electron chi connectivity index (χ2n) is 7.35. The standard InChI is InChI=1S/C25H28N2O3/c1-3-4-5-6-19-30-25-17-15-23(16-18-25)26(21-9-7-20(2)8-10-21)22-11-13-24(14-12-22)27(28)29/h7-18H,3-6,19H2,1-2H3. The molecule has 0 atom stereocenters. The summed E-state index contributed by atoms with van der Waals surface area (Å²) < 4.78 is 5.86. The lowest BCUT2D eigenvalue weighted by molar-refractivity contribution is -0.384. The molecular formula is C25H28N2O3. The lowest BCUT2D eigenvalue weighted by Crippen LogP contribution is -2.10. The molecule has 3 aromatic rings. The zero-order valence-electron chi connectivity index (χ0n) is 17.6. The molecule has 156 valence electrons. The number of nitrogens with zero attached hydrogens (tertiary/aromatic N) is 2. The lowest BCUT2D eigenvalue weighted by atomic mass is 10.1. The minimum atomic E-state index is -0.382. The lowest BCUT2D eigenvalue weighted by Gasteiger charge is -2.25. The van der Waals surface area contributed by atoms with Crippen LogP contribution in [0.1, 0.15) is 38.2 Å². The zero-order valence-corrected chi connectivity index (χ0v) is 17.6. The van der Waals surface area contributed by atoms with Gasteiger partial charge in [0.15, 0.2) is 0 Å². The number of hydrogen-bond donors (Lipinski definition) is 0. The van der Waals surface area contributed by atoms with Crippen molar-refractivity contribution in [3.63, 3.8) is 0 Å². The molecule has 0 saturated carbocycles. The number of non-ortho nitro benzene ring substituents is 1. The third-order valence-corrected chi connectivity index (χ3v) is 4.97. The Hall–Kier alpha value is -3.34. The highest BCUT2D eigenvalue weighted by Gasteiger charge is 2.14.